The van der Waals surface area contributed by atoms with Gasteiger partial charge in [-0.2, -0.15) is 0 Å². The highest BCUT2D eigenvalue weighted by atomic mass is 79.9. The maximum Gasteiger partial charge on any atom is 0.407 e. The minimum Gasteiger partial charge on any atom is -0.444 e. The number of aliphatic hydroxyl groups excluding tert-OH is 1. The van der Waals surface area contributed by atoms with Crippen LogP contribution in [-0.2, 0) is 11.2 Å². The van der Waals surface area contributed by atoms with E-state index < -0.39 is 6.09 Å². The summed E-state index contributed by atoms with van der Waals surface area (Å²) in [5.41, 5.74) is 1.06. The highest BCUT2D eigenvalue weighted by Crippen LogP contribution is 2.21. The van der Waals surface area contributed by atoms with E-state index >= 15 is 0 Å². The van der Waals surface area contributed by atoms with Crippen molar-refractivity contribution in [2.45, 2.75) is 18.6 Å². The molecule has 0 aliphatic carbocycles. The Bertz CT molecular complexity index is 397. The van der Waals surface area contributed by atoms with Crippen LogP contribution in [0, 0.1) is 0 Å². The van der Waals surface area contributed by atoms with Crippen LogP contribution >= 0.6 is 15.9 Å². The van der Waals surface area contributed by atoms with Gasteiger partial charge in [-0.05, 0) is 11.6 Å². The van der Waals surface area contributed by atoms with Crippen molar-refractivity contribution in [3.05, 3.63) is 34.3 Å². The SMILES string of the molecule is O=C1NC(CO)C(Cc2ccccc2Br)O1. The maximum absolute atomic E-state index is 11.0. The molecule has 16 heavy (non-hydrogen) atoms. The van der Waals surface area contributed by atoms with Gasteiger partial charge in [0.05, 0.1) is 12.6 Å². The van der Waals surface area contributed by atoms with E-state index in [4.69, 9.17) is 9.84 Å². The zero-order chi connectivity index (χ0) is 11.5. The monoisotopic (exact) mass is 285 g/mol. The Kier molecular flexibility index (Phi) is 3.46. The summed E-state index contributed by atoms with van der Waals surface area (Å²) in [6.07, 6.45) is -0.182. The molecule has 2 unspecified atom stereocenters. The molecule has 5 heteroatoms. The number of amides is 1. The minimum absolute atomic E-state index is 0.110. The predicted molar refractivity (Wildman–Crippen MR) is 62.1 cm³/mol. The van der Waals surface area contributed by atoms with Crippen molar-refractivity contribution in [1.29, 1.82) is 0 Å². The van der Waals surface area contributed by atoms with Crippen molar-refractivity contribution < 1.29 is 14.6 Å². The second-order valence-corrected chi connectivity index (χ2v) is 4.53. The molecule has 1 aromatic rings. The van der Waals surface area contributed by atoms with Gasteiger partial charge >= 0.3 is 6.09 Å². The van der Waals surface area contributed by atoms with Crippen LogP contribution in [0.25, 0.3) is 0 Å². The van der Waals surface area contributed by atoms with Crippen LogP contribution in [0.2, 0.25) is 0 Å². The third-order valence-corrected chi connectivity index (χ3v) is 3.36. The van der Waals surface area contributed by atoms with Gasteiger partial charge < -0.3 is 15.2 Å². The number of ether oxygens (including phenoxy) is 1. The number of benzene rings is 1. The zero-order valence-electron chi connectivity index (χ0n) is 8.52. The van der Waals surface area contributed by atoms with Crippen LogP contribution in [0.5, 0.6) is 0 Å². The minimum atomic E-state index is -0.462. The van der Waals surface area contributed by atoms with Crippen LogP contribution in [0.15, 0.2) is 28.7 Å². The van der Waals surface area contributed by atoms with Gasteiger partial charge in [0.25, 0.3) is 0 Å². The standard InChI is InChI=1S/C11H12BrNO3/c12-8-4-2-1-3-7(8)5-10-9(6-14)13-11(15)16-10/h1-4,9-10,14H,5-6H2,(H,13,15). The molecule has 4 nitrogen and oxygen atoms in total. The van der Waals surface area contributed by atoms with Crippen molar-refractivity contribution >= 4 is 22.0 Å². The molecule has 2 N–H and O–H groups in total. The summed E-state index contributed by atoms with van der Waals surface area (Å²) in [6, 6.07) is 7.44. The van der Waals surface area contributed by atoms with Gasteiger partial charge in [0.2, 0.25) is 0 Å². The van der Waals surface area contributed by atoms with Gasteiger partial charge in [-0.25, -0.2) is 4.79 Å². The smallest absolute Gasteiger partial charge is 0.407 e. The van der Waals surface area contributed by atoms with E-state index in [9.17, 15) is 4.79 Å². The molecule has 1 fully saturated rings. The largest absolute Gasteiger partial charge is 0.444 e. The van der Waals surface area contributed by atoms with Gasteiger partial charge in [-0.1, -0.05) is 34.1 Å². The molecule has 1 heterocycles. The molecular weight excluding hydrogens is 274 g/mol. The third kappa shape index (κ3) is 2.36. The lowest BCUT2D eigenvalue weighted by Crippen LogP contribution is -2.36. The summed E-state index contributed by atoms with van der Waals surface area (Å²) in [5.74, 6) is 0. The number of cyclic esters (lactones) is 1. The first-order chi connectivity index (χ1) is 7.70. The zero-order valence-corrected chi connectivity index (χ0v) is 10.1. The fraction of sp³-hybridized carbons (Fsp3) is 0.364. The van der Waals surface area contributed by atoms with Crippen LogP contribution in [0.4, 0.5) is 4.79 Å². The van der Waals surface area contributed by atoms with Crippen molar-refractivity contribution in [3.8, 4) is 0 Å². The summed E-state index contributed by atoms with van der Waals surface area (Å²) >= 11 is 3.44. The Hall–Kier alpha value is -1.07. The summed E-state index contributed by atoms with van der Waals surface area (Å²) in [4.78, 5) is 11.0. The van der Waals surface area contributed by atoms with Crippen LogP contribution < -0.4 is 5.32 Å². The number of carbonyl (C=O) groups is 1. The van der Waals surface area contributed by atoms with Crippen molar-refractivity contribution in [2.75, 3.05) is 6.61 Å². The molecule has 1 aliphatic heterocycles. The Balaban J connectivity index is 2.10. The molecule has 1 aromatic carbocycles. The van der Waals surface area contributed by atoms with Gasteiger partial charge in [0.1, 0.15) is 6.10 Å². The lowest BCUT2D eigenvalue weighted by Gasteiger charge is -2.15. The van der Waals surface area contributed by atoms with Crippen molar-refractivity contribution in [3.63, 3.8) is 0 Å². The fourth-order valence-corrected chi connectivity index (χ4v) is 2.17. The van der Waals surface area contributed by atoms with Crippen LogP contribution in [-0.4, -0.2) is 30.0 Å². The normalized spacial score (nSPS) is 24.0. The second kappa shape index (κ2) is 4.84. The van der Waals surface area contributed by atoms with Gasteiger partial charge in [-0.3, -0.25) is 0 Å². The summed E-state index contributed by atoms with van der Waals surface area (Å²) in [5, 5.41) is 11.7. The summed E-state index contributed by atoms with van der Waals surface area (Å²) < 4.78 is 6.07. The third-order valence-electron chi connectivity index (χ3n) is 2.59. The summed E-state index contributed by atoms with van der Waals surface area (Å²) in [7, 11) is 0. The van der Waals surface area contributed by atoms with E-state index in [1.165, 1.54) is 0 Å². The second-order valence-electron chi connectivity index (χ2n) is 3.67. The number of halogens is 1. The molecule has 86 valence electrons. The van der Waals surface area contributed by atoms with Crippen LogP contribution in [0.1, 0.15) is 5.56 Å². The predicted octanol–water partition coefficient (Wildman–Crippen LogP) is 1.46. The Labute approximate surface area is 102 Å². The molecule has 0 aromatic heterocycles. The summed E-state index contributed by atoms with van der Waals surface area (Å²) in [6.45, 7) is -0.110. The van der Waals surface area contributed by atoms with Gasteiger partial charge in [0, 0.05) is 10.9 Å². The molecule has 2 atom stereocenters. The number of alkyl carbamates (subject to hydrolysis) is 1. The van der Waals surface area contributed by atoms with Gasteiger partial charge in [-0.15, -0.1) is 0 Å². The average molecular weight is 286 g/mol. The quantitative estimate of drug-likeness (QED) is 0.884. The fourth-order valence-electron chi connectivity index (χ4n) is 1.73. The molecule has 1 saturated heterocycles. The van der Waals surface area contributed by atoms with E-state index in [-0.39, 0.29) is 18.8 Å². The molecule has 1 amide bonds. The number of hydrogen-bond acceptors (Lipinski definition) is 3. The lowest BCUT2D eigenvalue weighted by molar-refractivity contribution is 0.118. The number of nitrogens with one attached hydrogen (secondary N) is 1. The first kappa shape index (κ1) is 11.4. The highest BCUT2D eigenvalue weighted by Gasteiger charge is 2.33. The molecule has 0 radical (unpaired) electrons. The first-order valence-electron chi connectivity index (χ1n) is 5.02. The molecule has 0 spiro atoms. The Morgan fingerprint density at radius 1 is 1.44 bits per heavy atom. The first-order valence-corrected chi connectivity index (χ1v) is 5.81. The van der Waals surface area contributed by atoms with Gasteiger partial charge in [0.15, 0.2) is 0 Å². The van der Waals surface area contributed by atoms with E-state index in [1.807, 2.05) is 24.3 Å². The number of aliphatic hydroxyl groups is 1. The lowest BCUT2D eigenvalue weighted by atomic mass is 10.0. The van der Waals surface area contributed by atoms with Crippen molar-refractivity contribution in [1.82, 2.24) is 5.32 Å². The molecule has 0 bridgehead atoms. The number of carbonyl (C=O) groups excluding carboxylic acids is 1. The number of hydrogen-bond donors (Lipinski definition) is 2. The maximum atomic E-state index is 11.0. The van der Waals surface area contributed by atoms with E-state index in [1.54, 1.807) is 0 Å². The number of rotatable bonds is 3. The van der Waals surface area contributed by atoms with Crippen LogP contribution in [0.3, 0.4) is 0 Å². The van der Waals surface area contributed by atoms with E-state index in [2.05, 4.69) is 21.2 Å². The molecule has 0 saturated carbocycles. The Morgan fingerprint density at radius 2 is 2.19 bits per heavy atom. The molecule has 1 aliphatic rings. The Morgan fingerprint density at radius 3 is 2.88 bits per heavy atom. The molecule has 2 rings (SSSR count). The van der Waals surface area contributed by atoms with E-state index in [0.717, 1.165) is 10.0 Å². The average Bonchev–Trinajstić information content (AvgIpc) is 2.62. The topological polar surface area (TPSA) is 58.6 Å². The highest BCUT2D eigenvalue weighted by molar-refractivity contribution is 9.10. The van der Waals surface area contributed by atoms with E-state index in [0.29, 0.717) is 6.42 Å². The van der Waals surface area contributed by atoms with Crippen molar-refractivity contribution in [2.24, 2.45) is 0 Å². The molecular formula is C11H12BrNO3.